The van der Waals surface area contributed by atoms with Crippen molar-refractivity contribution < 1.29 is 4.79 Å². The van der Waals surface area contributed by atoms with Gasteiger partial charge in [-0.15, -0.1) is 11.3 Å². The van der Waals surface area contributed by atoms with Crippen LogP contribution in [0.15, 0.2) is 42.9 Å². The molecule has 0 saturated heterocycles. The highest BCUT2D eigenvalue weighted by atomic mass is 32.1. The monoisotopic (exact) mass is 412 g/mol. The van der Waals surface area contributed by atoms with Crippen molar-refractivity contribution in [3.8, 4) is 0 Å². The van der Waals surface area contributed by atoms with Gasteiger partial charge in [0.05, 0.1) is 16.1 Å². The van der Waals surface area contributed by atoms with Gasteiger partial charge in [0, 0.05) is 37.7 Å². The Morgan fingerprint density at radius 2 is 1.96 bits per heavy atom. The number of pyridine rings is 1. The molecule has 4 rings (SSSR count). The number of carbonyl (C=O) groups excluding carboxylic acids is 1. The summed E-state index contributed by atoms with van der Waals surface area (Å²) in [5.74, 6) is 0.376. The van der Waals surface area contributed by atoms with E-state index in [1.807, 2.05) is 24.4 Å². The second kappa shape index (κ2) is 8.07. The molecular weight excluding hydrogens is 392 g/mol. The number of fused-ring (bicyclic) bond motifs is 1. The Hall–Kier alpha value is -2.78. The number of amides is 1. The highest BCUT2D eigenvalue weighted by Gasteiger charge is 2.16. The molecule has 4 aromatic heterocycles. The van der Waals surface area contributed by atoms with E-state index >= 15 is 0 Å². The van der Waals surface area contributed by atoms with Crippen LogP contribution in [-0.2, 0) is 6.54 Å². The molecule has 0 unspecified atom stereocenters. The molecule has 0 fully saturated rings. The van der Waals surface area contributed by atoms with Gasteiger partial charge in [-0.2, -0.15) is 5.10 Å². The third-order valence-electron chi connectivity index (χ3n) is 4.31. The molecule has 0 bridgehead atoms. The van der Waals surface area contributed by atoms with Crippen LogP contribution < -0.4 is 10.2 Å². The maximum atomic E-state index is 12.6. The first kappa shape index (κ1) is 18.6. The van der Waals surface area contributed by atoms with Gasteiger partial charge in [-0.05, 0) is 37.6 Å². The molecule has 4 aromatic rings. The molecule has 7 nitrogen and oxygen atoms in total. The Kier molecular flexibility index (Phi) is 5.36. The van der Waals surface area contributed by atoms with Crippen LogP contribution in [0.2, 0.25) is 0 Å². The number of anilines is 2. The molecule has 0 radical (unpaired) electrons. The molecular formula is C19H20N6OS2. The zero-order chi connectivity index (χ0) is 19.5. The largest absolute Gasteiger partial charge is 0.349 e. The third kappa shape index (κ3) is 3.90. The van der Waals surface area contributed by atoms with Gasteiger partial charge < -0.3 is 10.2 Å². The number of nitrogens with one attached hydrogen (secondary N) is 1. The third-order valence-corrected chi connectivity index (χ3v) is 6.53. The standard InChI is InChI=1S/C19H20N6OS2/c1-3-24(4-2)19-22-18-15(28-19)11-14(27-18)17(26)21-16-7-10-25(23-16)12-13-5-8-20-9-6-13/h5-11H,3-4,12H2,1-2H3,(H,21,23,26). The number of rotatable bonds is 7. The van der Waals surface area contributed by atoms with Crippen LogP contribution in [0.1, 0.15) is 29.1 Å². The molecule has 0 spiro atoms. The number of thiophene rings is 1. The van der Waals surface area contributed by atoms with E-state index in [1.165, 1.54) is 11.3 Å². The van der Waals surface area contributed by atoms with Crippen molar-refractivity contribution in [2.24, 2.45) is 0 Å². The van der Waals surface area contributed by atoms with Crippen LogP contribution in [0.5, 0.6) is 0 Å². The number of carbonyl (C=O) groups is 1. The smallest absolute Gasteiger partial charge is 0.267 e. The van der Waals surface area contributed by atoms with Gasteiger partial charge in [0.15, 0.2) is 10.9 Å². The van der Waals surface area contributed by atoms with Crippen LogP contribution in [0.25, 0.3) is 9.53 Å². The predicted molar refractivity (Wildman–Crippen MR) is 115 cm³/mol. The fourth-order valence-corrected chi connectivity index (χ4v) is 5.07. The van der Waals surface area contributed by atoms with Gasteiger partial charge in [-0.3, -0.25) is 14.5 Å². The Morgan fingerprint density at radius 1 is 1.18 bits per heavy atom. The van der Waals surface area contributed by atoms with Gasteiger partial charge in [-0.25, -0.2) is 4.98 Å². The minimum atomic E-state index is -0.159. The molecule has 4 heterocycles. The Bertz CT molecular complexity index is 1050. The Balaban J connectivity index is 1.44. The SMILES string of the molecule is CCN(CC)c1nc2sc(C(=O)Nc3ccn(Cc4ccncc4)n3)cc2s1. The Morgan fingerprint density at radius 3 is 2.68 bits per heavy atom. The lowest BCUT2D eigenvalue weighted by Gasteiger charge is -2.16. The molecule has 28 heavy (non-hydrogen) atoms. The molecule has 9 heteroatoms. The van der Waals surface area contributed by atoms with E-state index in [9.17, 15) is 4.79 Å². The second-order valence-electron chi connectivity index (χ2n) is 6.16. The van der Waals surface area contributed by atoms with Crippen molar-refractivity contribution in [2.45, 2.75) is 20.4 Å². The van der Waals surface area contributed by atoms with Crippen LogP contribution in [0.3, 0.4) is 0 Å². The molecule has 0 atom stereocenters. The minimum absolute atomic E-state index is 0.159. The maximum absolute atomic E-state index is 12.6. The van der Waals surface area contributed by atoms with Gasteiger partial charge in [-0.1, -0.05) is 11.3 Å². The van der Waals surface area contributed by atoms with Crippen LogP contribution >= 0.6 is 22.7 Å². The normalized spacial score (nSPS) is 11.1. The number of hydrogen-bond donors (Lipinski definition) is 1. The summed E-state index contributed by atoms with van der Waals surface area (Å²) in [6, 6.07) is 7.59. The topological polar surface area (TPSA) is 75.9 Å². The summed E-state index contributed by atoms with van der Waals surface area (Å²) in [6.45, 7) is 6.71. The first-order valence-electron chi connectivity index (χ1n) is 9.05. The van der Waals surface area contributed by atoms with E-state index in [1.54, 1.807) is 34.5 Å². The number of thiazole rings is 1. The molecule has 0 aliphatic heterocycles. The van der Waals surface area contributed by atoms with Crippen molar-refractivity contribution in [3.63, 3.8) is 0 Å². The number of nitrogens with zero attached hydrogens (tertiary/aromatic N) is 5. The van der Waals surface area contributed by atoms with Gasteiger partial charge in [0.25, 0.3) is 5.91 Å². The average molecular weight is 413 g/mol. The van der Waals surface area contributed by atoms with Gasteiger partial charge in [0.2, 0.25) is 0 Å². The van der Waals surface area contributed by atoms with Crippen molar-refractivity contribution in [1.82, 2.24) is 19.7 Å². The lowest BCUT2D eigenvalue weighted by molar-refractivity contribution is 0.103. The van der Waals surface area contributed by atoms with E-state index in [-0.39, 0.29) is 5.91 Å². The van der Waals surface area contributed by atoms with E-state index in [4.69, 9.17) is 0 Å². The quantitative estimate of drug-likeness (QED) is 0.495. The van der Waals surface area contributed by atoms with Crippen molar-refractivity contribution >= 4 is 49.1 Å². The minimum Gasteiger partial charge on any atom is -0.349 e. The van der Waals surface area contributed by atoms with E-state index in [0.717, 1.165) is 33.3 Å². The van der Waals surface area contributed by atoms with E-state index in [2.05, 4.69) is 39.1 Å². The summed E-state index contributed by atoms with van der Waals surface area (Å²) < 4.78 is 2.83. The molecule has 0 aliphatic rings. The Labute approximate surface area is 170 Å². The van der Waals surface area contributed by atoms with Crippen LogP contribution in [-0.4, -0.2) is 38.7 Å². The molecule has 1 N–H and O–H groups in total. The zero-order valence-corrected chi connectivity index (χ0v) is 17.3. The molecule has 0 saturated carbocycles. The zero-order valence-electron chi connectivity index (χ0n) is 15.6. The lowest BCUT2D eigenvalue weighted by Crippen LogP contribution is -2.21. The van der Waals surface area contributed by atoms with Gasteiger partial charge in [0.1, 0.15) is 4.83 Å². The van der Waals surface area contributed by atoms with Crippen molar-refractivity contribution in [3.05, 3.63) is 53.3 Å². The first-order valence-corrected chi connectivity index (χ1v) is 10.7. The number of aromatic nitrogens is 4. The van der Waals surface area contributed by atoms with Crippen LogP contribution in [0, 0.1) is 0 Å². The summed E-state index contributed by atoms with van der Waals surface area (Å²) in [5.41, 5.74) is 1.10. The summed E-state index contributed by atoms with van der Waals surface area (Å²) in [5, 5.41) is 8.30. The first-order chi connectivity index (χ1) is 13.7. The predicted octanol–water partition coefficient (Wildman–Crippen LogP) is 4.10. The highest BCUT2D eigenvalue weighted by Crippen LogP contribution is 2.34. The highest BCUT2D eigenvalue weighted by molar-refractivity contribution is 7.29. The maximum Gasteiger partial charge on any atom is 0.267 e. The van der Waals surface area contributed by atoms with E-state index in [0.29, 0.717) is 17.2 Å². The lowest BCUT2D eigenvalue weighted by atomic mass is 10.3. The summed E-state index contributed by atoms with van der Waals surface area (Å²) in [4.78, 5) is 25.0. The van der Waals surface area contributed by atoms with Gasteiger partial charge >= 0.3 is 0 Å². The van der Waals surface area contributed by atoms with Crippen LogP contribution in [0.4, 0.5) is 10.9 Å². The van der Waals surface area contributed by atoms with Crippen molar-refractivity contribution in [1.29, 1.82) is 0 Å². The van der Waals surface area contributed by atoms with E-state index < -0.39 is 0 Å². The molecule has 0 aliphatic carbocycles. The molecule has 144 valence electrons. The average Bonchev–Trinajstić information content (AvgIpc) is 3.39. The second-order valence-corrected chi connectivity index (χ2v) is 8.20. The fraction of sp³-hybridized carbons (Fsp3) is 0.263. The summed E-state index contributed by atoms with van der Waals surface area (Å²) in [6.07, 6.45) is 5.36. The summed E-state index contributed by atoms with van der Waals surface area (Å²) >= 11 is 3.04. The fourth-order valence-electron chi connectivity index (χ4n) is 2.83. The van der Waals surface area contributed by atoms with Crippen molar-refractivity contribution in [2.75, 3.05) is 23.3 Å². The summed E-state index contributed by atoms with van der Waals surface area (Å²) in [7, 11) is 0. The molecule has 1 amide bonds. The number of hydrogen-bond acceptors (Lipinski definition) is 7. The molecule has 0 aromatic carbocycles.